The van der Waals surface area contributed by atoms with Crippen molar-refractivity contribution in [3.63, 3.8) is 0 Å². The summed E-state index contributed by atoms with van der Waals surface area (Å²) in [6, 6.07) is 0. The van der Waals surface area contributed by atoms with Crippen molar-refractivity contribution in [2.75, 3.05) is 0 Å². The molecule has 0 aliphatic carbocycles. The average Bonchev–Trinajstić information content (AvgIpc) is 1.59. The van der Waals surface area contributed by atoms with Gasteiger partial charge in [0.25, 0.3) is 0 Å². The maximum atomic E-state index is 10.0. The van der Waals surface area contributed by atoms with Crippen molar-refractivity contribution in [1.29, 1.82) is 0 Å². The van der Waals surface area contributed by atoms with E-state index in [2.05, 4.69) is 3.63 Å². The van der Waals surface area contributed by atoms with Crippen molar-refractivity contribution < 1.29 is 51.0 Å². The Morgan fingerprint density at radius 1 is 1.64 bits per heavy atom. The van der Waals surface area contributed by atoms with Gasteiger partial charge in [-0.05, 0) is 0 Å². The molecule has 0 heterocycles. The van der Waals surface area contributed by atoms with Gasteiger partial charge in [0, 0.05) is 6.92 Å². The van der Waals surface area contributed by atoms with Gasteiger partial charge in [-0.2, -0.15) is 3.63 Å². The van der Waals surface area contributed by atoms with Crippen LogP contribution in [0.15, 0.2) is 0 Å². The molecule has 0 saturated heterocycles. The summed E-state index contributed by atoms with van der Waals surface area (Å²) in [6.45, 7) is 1.15. The van der Waals surface area contributed by atoms with Crippen LogP contribution in [0.1, 0.15) is 6.92 Å². The molecule has 0 aromatic rings. The van der Waals surface area contributed by atoms with Crippen molar-refractivity contribution in [2.45, 2.75) is 6.92 Å². The molecule has 0 spiro atoms. The zero-order valence-corrected chi connectivity index (χ0v) is 9.49. The fourth-order valence-corrected chi connectivity index (χ4v) is 0.704. The minimum atomic E-state index is -4.72. The Morgan fingerprint density at radius 2 is 2.09 bits per heavy atom. The largest absolute Gasteiger partial charge is 1.00 e. The van der Waals surface area contributed by atoms with Crippen molar-refractivity contribution >= 4 is 28.5 Å². The first-order valence-corrected chi connectivity index (χ1v) is 4.07. The van der Waals surface area contributed by atoms with E-state index in [1.165, 1.54) is 0 Å². The van der Waals surface area contributed by atoms with Gasteiger partial charge in [-0.15, -0.1) is 0 Å². The molecule has 0 saturated carbocycles. The fraction of sp³-hybridized carbons (Fsp3) is 0.500. The Morgan fingerprint density at radius 3 is 2.36 bits per heavy atom. The van der Waals surface area contributed by atoms with E-state index in [9.17, 15) is 17.8 Å². The van der Waals surface area contributed by atoms with E-state index < -0.39 is 16.3 Å². The van der Waals surface area contributed by atoms with Crippen LogP contribution in [-0.2, 0) is 18.8 Å². The number of carbonyl (C=O) groups is 1. The van der Waals surface area contributed by atoms with E-state index in [1.807, 2.05) is 4.72 Å². The van der Waals surface area contributed by atoms with Gasteiger partial charge in [-0.1, -0.05) is 0 Å². The molecule has 0 fully saturated rings. The van der Waals surface area contributed by atoms with Crippen LogP contribution in [-0.4, -0.2) is 18.9 Å². The van der Waals surface area contributed by atoms with E-state index in [1.54, 1.807) is 0 Å². The van der Waals surface area contributed by atoms with Crippen LogP contribution in [0.3, 0.4) is 0 Å². The number of hydrogen-bond acceptors (Lipinski definition) is 6. The van der Waals surface area contributed by atoms with Gasteiger partial charge in [0.1, 0.15) is 12.2 Å². The first-order valence-electron chi connectivity index (χ1n) is 1.99. The standard InChI is InChI=1S/C2H5NO5S2.Na/c1-2(4)3-9-8-10(5,6)7;/h1H3,(H,3,4)(H,5,6,7);/q;+1/p-1. The summed E-state index contributed by atoms with van der Waals surface area (Å²) in [5, 5.41) is 0. The predicted octanol–water partition coefficient (Wildman–Crippen LogP) is -3.83. The smallest absolute Gasteiger partial charge is 0.725 e. The summed E-state index contributed by atoms with van der Waals surface area (Å²) < 4.78 is 34.4. The van der Waals surface area contributed by atoms with Crippen molar-refractivity contribution in [1.82, 2.24) is 4.72 Å². The maximum absolute atomic E-state index is 10.0. The third-order valence-electron chi connectivity index (χ3n) is 0.303. The van der Waals surface area contributed by atoms with Gasteiger partial charge in [0.15, 0.2) is 0 Å². The molecule has 1 amide bonds. The van der Waals surface area contributed by atoms with E-state index in [-0.39, 0.29) is 41.8 Å². The monoisotopic (exact) mass is 209 g/mol. The molecule has 60 valence electrons. The van der Waals surface area contributed by atoms with Gasteiger partial charge >= 0.3 is 29.6 Å². The zero-order chi connectivity index (χ0) is 8.20. The Bertz CT molecular complexity index is 213. The van der Waals surface area contributed by atoms with Crippen LogP contribution >= 0.6 is 12.2 Å². The average molecular weight is 209 g/mol. The quantitative estimate of drug-likeness (QED) is 0.168. The summed E-state index contributed by atoms with van der Waals surface area (Å²) >= 11 is 0.0683. The van der Waals surface area contributed by atoms with Gasteiger partial charge in [0.05, 0.1) is 0 Å². The van der Waals surface area contributed by atoms with Gasteiger partial charge < -0.3 is 4.55 Å². The van der Waals surface area contributed by atoms with Crippen LogP contribution in [0, 0.1) is 0 Å². The predicted molar refractivity (Wildman–Crippen MR) is 32.2 cm³/mol. The van der Waals surface area contributed by atoms with Crippen molar-refractivity contribution in [2.24, 2.45) is 0 Å². The molecule has 0 rings (SSSR count). The molecule has 0 aliphatic heterocycles. The summed E-state index contributed by atoms with van der Waals surface area (Å²) in [6.07, 6.45) is 0. The molecule has 9 heteroatoms. The molecule has 0 atom stereocenters. The van der Waals surface area contributed by atoms with Crippen LogP contribution in [0.5, 0.6) is 0 Å². The molecule has 0 aromatic carbocycles. The Kier molecular flexibility index (Phi) is 8.06. The van der Waals surface area contributed by atoms with E-state index >= 15 is 0 Å². The number of hydrogen-bond donors (Lipinski definition) is 1. The Labute approximate surface area is 90.6 Å². The number of carbonyl (C=O) groups excluding carboxylic acids is 1. The van der Waals surface area contributed by atoms with Crippen LogP contribution in [0.4, 0.5) is 0 Å². The van der Waals surface area contributed by atoms with E-state index in [4.69, 9.17) is 0 Å². The van der Waals surface area contributed by atoms with Gasteiger partial charge in [-0.3, -0.25) is 9.52 Å². The topological polar surface area (TPSA) is 95.5 Å². The number of rotatable bonds is 3. The third kappa shape index (κ3) is 13.7. The third-order valence-corrected chi connectivity index (χ3v) is 1.61. The maximum Gasteiger partial charge on any atom is 1.00 e. The summed E-state index contributed by atoms with van der Waals surface area (Å²) in [7, 11) is -4.72. The van der Waals surface area contributed by atoms with Crippen LogP contribution in [0.2, 0.25) is 0 Å². The number of amides is 1. The SMILES string of the molecule is CC(=O)NSOS(=O)(=O)[O-].[Na+]. The molecule has 0 bridgehead atoms. The van der Waals surface area contributed by atoms with E-state index in [0.29, 0.717) is 0 Å². The van der Waals surface area contributed by atoms with Gasteiger partial charge in [-0.25, -0.2) is 8.42 Å². The molecular formula is C2H4NNaO5S2. The van der Waals surface area contributed by atoms with Crippen molar-refractivity contribution in [3.05, 3.63) is 0 Å². The first-order chi connectivity index (χ1) is 4.42. The minimum Gasteiger partial charge on any atom is -0.725 e. The second kappa shape index (κ2) is 6.23. The van der Waals surface area contributed by atoms with Gasteiger partial charge in [0.2, 0.25) is 16.3 Å². The van der Waals surface area contributed by atoms with E-state index in [0.717, 1.165) is 6.92 Å². The summed E-state index contributed by atoms with van der Waals surface area (Å²) in [5.41, 5.74) is 0. The zero-order valence-electron chi connectivity index (χ0n) is 5.86. The molecule has 0 radical (unpaired) electrons. The Hall–Kier alpha value is 0.690. The van der Waals surface area contributed by atoms with Crippen LogP contribution in [0.25, 0.3) is 0 Å². The molecular weight excluding hydrogens is 205 g/mol. The summed E-state index contributed by atoms with van der Waals surface area (Å²) in [5.74, 6) is -0.506. The molecule has 11 heavy (non-hydrogen) atoms. The molecule has 1 N–H and O–H groups in total. The number of nitrogens with one attached hydrogen (secondary N) is 1. The normalized spacial score (nSPS) is 10.0. The molecule has 0 aliphatic rings. The second-order valence-electron chi connectivity index (χ2n) is 1.22. The second-order valence-corrected chi connectivity index (χ2v) is 2.95. The molecule has 6 nitrogen and oxygen atoms in total. The minimum absolute atomic E-state index is 0. The first kappa shape index (κ1) is 14.2. The van der Waals surface area contributed by atoms with Crippen LogP contribution < -0.4 is 34.3 Å². The van der Waals surface area contributed by atoms with Crippen molar-refractivity contribution in [3.8, 4) is 0 Å². The fourth-order valence-electron chi connectivity index (χ4n) is 0.117. The molecule has 0 unspecified atom stereocenters. The summed E-state index contributed by atoms with van der Waals surface area (Å²) in [4.78, 5) is 10.0. The Balaban J connectivity index is 0. The molecule has 0 aromatic heterocycles.